The molecule has 20 heavy (non-hydrogen) atoms. The molecule has 0 aromatic carbocycles. The third kappa shape index (κ3) is 7.56. The zero-order chi connectivity index (χ0) is 14.8. The summed E-state index contributed by atoms with van der Waals surface area (Å²) in [7, 11) is 1.86. The van der Waals surface area contributed by atoms with Gasteiger partial charge in [-0.15, -0.1) is 0 Å². The van der Waals surface area contributed by atoms with Crippen LogP contribution >= 0.6 is 0 Å². The van der Waals surface area contributed by atoms with Gasteiger partial charge in [-0.3, -0.25) is 14.3 Å². The van der Waals surface area contributed by atoms with Crippen LogP contribution in [0.3, 0.4) is 0 Å². The molecule has 0 saturated heterocycles. The average molecular weight is 281 g/mol. The molecule has 0 bridgehead atoms. The van der Waals surface area contributed by atoms with E-state index in [1.807, 2.05) is 13.2 Å². The second-order valence-electron chi connectivity index (χ2n) is 4.93. The van der Waals surface area contributed by atoms with Crippen LogP contribution in [0.1, 0.15) is 44.1 Å². The van der Waals surface area contributed by atoms with E-state index in [0.29, 0.717) is 25.8 Å². The molecular weight excluding hydrogens is 258 g/mol. The summed E-state index contributed by atoms with van der Waals surface area (Å²) in [5, 5.41) is 15.4. The number of carbonyl (C=O) groups excluding carboxylic acids is 1. The number of nitrogens with one attached hydrogen (secondary N) is 1. The molecule has 0 radical (unpaired) electrons. The van der Waals surface area contributed by atoms with Gasteiger partial charge in [0.1, 0.15) is 0 Å². The zero-order valence-electron chi connectivity index (χ0n) is 12.0. The molecule has 112 valence electrons. The summed E-state index contributed by atoms with van der Waals surface area (Å²) >= 11 is 0. The molecule has 6 heteroatoms. The van der Waals surface area contributed by atoms with Crippen molar-refractivity contribution in [2.45, 2.75) is 44.9 Å². The number of rotatable bonds is 10. The predicted molar refractivity (Wildman–Crippen MR) is 75.3 cm³/mol. The summed E-state index contributed by atoms with van der Waals surface area (Å²) < 4.78 is 1.73. The first-order chi connectivity index (χ1) is 9.58. The molecule has 1 rings (SSSR count). The van der Waals surface area contributed by atoms with E-state index < -0.39 is 5.97 Å². The van der Waals surface area contributed by atoms with Crippen molar-refractivity contribution in [2.24, 2.45) is 7.05 Å². The summed E-state index contributed by atoms with van der Waals surface area (Å²) in [4.78, 5) is 21.9. The molecule has 1 amide bonds. The Hall–Kier alpha value is -1.85. The largest absolute Gasteiger partial charge is 0.481 e. The van der Waals surface area contributed by atoms with Crippen molar-refractivity contribution in [1.29, 1.82) is 0 Å². The Morgan fingerprint density at radius 1 is 1.25 bits per heavy atom. The minimum atomic E-state index is -0.742. The Morgan fingerprint density at radius 3 is 2.65 bits per heavy atom. The van der Waals surface area contributed by atoms with Gasteiger partial charge in [0.05, 0.1) is 6.20 Å². The van der Waals surface area contributed by atoms with Gasteiger partial charge < -0.3 is 10.4 Å². The van der Waals surface area contributed by atoms with E-state index in [2.05, 4.69) is 10.4 Å². The fourth-order valence-electron chi connectivity index (χ4n) is 1.93. The van der Waals surface area contributed by atoms with Gasteiger partial charge in [-0.05, 0) is 24.8 Å². The van der Waals surface area contributed by atoms with Crippen molar-refractivity contribution in [3.63, 3.8) is 0 Å². The summed E-state index contributed by atoms with van der Waals surface area (Å²) in [6.07, 6.45) is 8.57. The standard InChI is InChI=1S/C14H23N3O3/c1-17-11-12(10-16-17)7-8-13(18)15-9-5-3-2-4-6-14(19)20/h10-11H,2-9H2,1H3,(H,15,18)(H,19,20). The van der Waals surface area contributed by atoms with Crippen LogP contribution in [0.15, 0.2) is 12.4 Å². The number of hydrogen-bond donors (Lipinski definition) is 2. The van der Waals surface area contributed by atoms with Gasteiger partial charge in [-0.2, -0.15) is 5.10 Å². The van der Waals surface area contributed by atoms with Crippen LogP contribution in [0.4, 0.5) is 0 Å². The smallest absolute Gasteiger partial charge is 0.303 e. The molecule has 0 saturated carbocycles. The van der Waals surface area contributed by atoms with Crippen molar-refractivity contribution < 1.29 is 14.7 Å². The number of aromatic nitrogens is 2. The average Bonchev–Trinajstić information content (AvgIpc) is 2.81. The Morgan fingerprint density at radius 2 is 2.00 bits per heavy atom. The van der Waals surface area contributed by atoms with Crippen LogP contribution < -0.4 is 5.32 Å². The monoisotopic (exact) mass is 281 g/mol. The first-order valence-corrected chi connectivity index (χ1v) is 7.04. The van der Waals surface area contributed by atoms with E-state index in [1.165, 1.54) is 0 Å². The molecule has 0 fully saturated rings. The maximum Gasteiger partial charge on any atom is 0.303 e. The van der Waals surface area contributed by atoms with Crippen LogP contribution in [0, 0.1) is 0 Å². The fourth-order valence-corrected chi connectivity index (χ4v) is 1.93. The third-order valence-corrected chi connectivity index (χ3v) is 3.04. The number of carboxylic acids is 1. The molecule has 6 nitrogen and oxygen atoms in total. The number of aliphatic carboxylic acids is 1. The van der Waals surface area contributed by atoms with Crippen molar-refractivity contribution >= 4 is 11.9 Å². The quantitative estimate of drug-likeness (QED) is 0.637. The van der Waals surface area contributed by atoms with E-state index in [1.54, 1.807) is 10.9 Å². The Kier molecular flexibility index (Phi) is 7.39. The summed E-state index contributed by atoms with van der Waals surface area (Å²) in [5.74, 6) is -0.687. The highest BCUT2D eigenvalue weighted by molar-refractivity contribution is 5.76. The molecule has 1 heterocycles. The molecule has 0 aliphatic heterocycles. The molecule has 0 spiro atoms. The van der Waals surface area contributed by atoms with Gasteiger partial charge >= 0.3 is 5.97 Å². The summed E-state index contributed by atoms with van der Waals surface area (Å²) in [5.41, 5.74) is 1.07. The second kappa shape index (κ2) is 9.12. The summed E-state index contributed by atoms with van der Waals surface area (Å²) in [6, 6.07) is 0. The first kappa shape index (κ1) is 16.2. The molecule has 1 aromatic rings. The number of unbranched alkanes of at least 4 members (excludes halogenated alkanes) is 3. The van der Waals surface area contributed by atoms with Crippen LogP contribution in [-0.2, 0) is 23.1 Å². The normalized spacial score (nSPS) is 10.4. The number of nitrogens with zero attached hydrogens (tertiary/aromatic N) is 2. The van der Waals surface area contributed by atoms with E-state index in [0.717, 1.165) is 24.8 Å². The third-order valence-electron chi connectivity index (χ3n) is 3.04. The molecule has 1 aromatic heterocycles. The van der Waals surface area contributed by atoms with Crippen molar-refractivity contribution in [1.82, 2.24) is 15.1 Å². The lowest BCUT2D eigenvalue weighted by atomic mass is 10.1. The van der Waals surface area contributed by atoms with E-state index in [9.17, 15) is 9.59 Å². The van der Waals surface area contributed by atoms with Crippen molar-refractivity contribution in [3.8, 4) is 0 Å². The summed E-state index contributed by atoms with van der Waals surface area (Å²) in [6.45, 7) is 0.666. The van der Waals surface area contributed by atoms with Crippen molar-refractivity contribution in [2.75, 3.05) is 6.54 Å². The maximum absolute atomic E-state index is 11.6. The second-order valence-corrected chi connectivity index (χ2v) is 4.93. The van der Waals surface area contributed by atoms with E-state index >= 15 is 0 Å². The van der Waals surface area contributed by atoms with Gasteiger partial charge in [-0.25, -0.2) is 0 Å². The topological polar surface area (TPSA) is 84.2 Å². The maximum atomic E-state index is 11.6. The Bertz CT molecular complexity index is 429. The molecular formula is C14H23N3O3. The lowest BCUT2D eigenvalue weighted by Crippen LogP contribution is -2.24. The van der Waals surface area contributed by atoms with E-state index in [-0.39, 0.29) is 12.3 Å². The number of aryl methyl sites for hydroxylation is 2. The van der Waals surface area contributed by atoms with Gasteiger partial charge in [0.2, 0.25) is 5.91 Å². The van der Waals surface area contributed by atoms with Gasteiger partial charge in [0.25, 0.3) is 0 Å². The SMILES string of the molecule is Cn1cc(CCC(=O)NCCCCCCC(=O)O)cn1. The minimum absolute atomic E-state index is 0.0550. The molecule has 0 atom stereocenters. The molecule has 2 N–H and O–H groups in total. The molecule has 0 unspecified atom stereocenters. The van der Waals surface area contributed by atoms with Crippen LogP contribution in [0.25, 0.3) is 0 Å². The molecule has 0 aliphatic carbocycles. The highest BCUT2D eigenvalue weighted by Gasteiger charge is 2.03. The predicted octanol–water partition coefficient (Wildman–Crippen LogP) is 1.50. The zero-order valence-corrected chi connectivity index (χ0v) is 12.0. The molecule has 0 aliphatic rings. The highest BCUT2D eigenvalue weighted by Crippen LogP contribution is 2.03. The van der Waals surface area contributed by atoms with Gasteiger partial charge in [-0.1, -0.05) is 12.8 Å². The lowest BCUT2D eigenvalue weighted by Gasteiger charge is -2.04. The Labute approximate surface area is 119 Å². The Balaban J connectivity index is 1.96. The highest BCUT2D eigenvalue weighted by atomic mass is 16.4. The fraction of sp³-hybridized carbons (Fsp3) is 0.643. The van der Waals surface area contributed by atoms with Gasteiger partial charge in [0, 0.05) is 32.6 Å². The van der Waals surface area contributed by atoms with Crippen LogP contribution in [-0.4, -0.2) is 33.3 Å². The van der Waals surface area contributed by atoms with Crippen LogP contribution in [0.5, 0.6) is 0 Å². The number of carbonyl (C=O) groups is 2. The lowest BCUT2D eigenvalue weighted by molar-refractivity contribution is -0.137. The van der Waals surface area contributed by atoms with Crippen LogP contribution in [0.2, 0.25) is 0 Å². The van der Waals surface area contributed by atoms with E-state index in [4.69, 9.17) is 5.11 Å². The van der Waals surface area contributed by atoms with Gasteiger partial charge in [0.15, 0.2) is 0 Å². The number of amides is 1. The number of hydrogen-bond acceptors (Lipinski definition) is 3. The van der Waals surface area contributed by atoms with Crippen molar-refractivity contribution in [3.05, 3.63) is 18.0 Å². The minimum Gasteiger partial charge on any atom is -0.481 e. The first-order valence-electron chi connectivity index (χ1n) is 7.04. The number of carboxylic acid groups (broad SMARTS) is 1.